The van der Waals surface area contributed by atoms with Gasteiger partial charge in [0.05, 0.1) is 12.1 Å². The SMILES string of the molecule is c1ccc(CCCN2C[C@@H](c3cccnc3)[C@H](c3nc(-c4cnccn4)no3)C2)cc1. The van der Waals surface area contributed by atoms with E-state index >= 15 is 0 Å². The number of pyridine rings is 1. The largest absolute Gasteiger partial charge is 0.339 e. The maximum Gasteiger partial charge on any atom is 0.232 e. The number of benzene rings is 1. The summed E-state index contributed by atoms with van der Waals surface area (Å²) in [6.07, 6.45) is 10.9. The number of aryl methyl sites for hydroxylation is 1. The first-order valence-electron chi connectivity index (χ1n) is 10.6. The Balaban J connectivity index is 1.32. The van der Waals surface area contributed by atoms with Crippen LogP contribution in [0.25, 0.3) is 11.5 Å². The molecular formula is C24H24N6O. The average Bonchev–Trinajstić information content (AvgIpc) is 3.49. The smallest absolute Gasteiger partial charge is 0.232 e. The van der Waals surface area contributed by atoms with Gasteiger partial charge in [0, 0.05) is 43.8 Å². The van der Waals surface area contributed by atoms with Crippen LogP contribution in [0.2, 0.25) is 0 Å². The van der Waals surface area contributed by atoms with Crippen molar-refractivity contribution in [3.63, 3.8) is 0 Å². The van der Waals surface area contributed by atoms with Crippen molar-refractivity contribution in [2.45, 2.75) is 24.7 Å². The Labute approximate surface area is 181 Å². The van der Waals surface area contributed by atoms with Crippen LogP contribution in [0.4, 0.5) is 0 Å². The van der Waals surface area contributed by atoms with Crippen LogP contribution in [0.3, 0.4) is 0 Å². The van der Waals surface area contributed by atoms with Crippen LogP contribution < -0.4 is 0 Å². The van der Waals surface area contributed by atoms with E-state index in [9.17, 15) is 0 Å². The maximum absolute atomic E-state index is 5.70. The molecule has 156 valence electrons. The molecule has 0 radical (unpaired) electrons. The Kier molecular flexibility index (Phi) is 5.75. The zero-order valence-electron chi connectivity index (χ0n) is 17.2. The van der Waals surface area contributed by atoms with Crippen LogP contribution in [0, 0.1) is 0 Å². The van der Waals surface area contributed by atoms with Crippen molar-refractivity contribution in [1.29, 1.82) is 0 Å². The Morgan fingerprint density at radius 1 is 0.903 bits per heavy atom. The molecule has 1 aliphatic rings. The third kappa shape index (κ3) is 4.51. The molecule has 0 aliphatic carbocycles. The molecule has 5 rings (SSSR count). The second kappa shape index (κ2) is 9.14. The van der Waals surface area contributed by atoms with E-state index in [4.69, 9.17) is 4.52 Å². The summed E-state index contributed by atoms with van der Waals surface area (Å²) in [5.74, 6) is 1.52. The molecule has 2 atom stereocenters. The highest BCUT2D eigenvalue weighted by molar-refractivity contribution is 5.45. The minimum atomic E-state index is 0.124. The van der Waals surface area contributed by atoms with E-state index < -0.39 is 0 Å². The van der Waals surface area contributed by atoms with Gasteiger partial charge in [-0.05, 0) is 36.6 Å². The fourth-order valence-electron chi connectivity index (χ4n) is 4.31. The van der Waals surface area contributed by atoms with Crippen LogP contribution in [-0.2, 0) is 6.42 Å². The number of hydrogen-bond acceptors (Lipinski definition) is 7. The van der Waals surface area contributed by atoms with Gasteiger partial charge in [-0.1, -0.05) is 41.6 Å². The lowest BCUT2D eigenvalue weighted by Crippen LogP contribution is -2.22. The highest BCUT2D eigenvalue weighted by Gasteiger charge is 2.38. The summed E-state index contributed by atoms with van der Waals surface area (Å²) in [5, 5.41) is 4.16. The Hall–Kier alpha value is -3.45. The Morgan fingerprint density at radius 2 is 1.77 bits per heavy atom. The first kappa shape index (κ1) is 19.5. The van der Waals surface area contributed by atoms with Crippen molar-refractivity contribution < 1.29 is 4.52 Å². The van der Waals surface area contributed by atoms with Crippen LogP contribution in [-0.4, -0.2) is 49.6 Å². The van der Waals surface area contributed by atoms with E-state index in [0.29, 0.717) is 17.4 Å². The predicted molar refractivity (Wildman–Crippen MR) is 116 cm³/mol. The second-order valence-corrected chi connectivity index (χ2v) is 7.89. The van der Waals surface area contributed by atoms with Gasteiger partial charge in [0.15, 0.2) is 0 Å². The second-order valence-electron chi connectivity index (χ2n) is 7.89. The number of nitrogens with zero attached hydrogens (tertiary/aromatic N) is 6. The summed E-state index contributed by atoms with van der Waals surface area (Å²) in [6, 6.07) is 14.8. The van der Waals surface area contributed by atoms with Crippen molar-refractivity contribution in [3.8, 4) is 11.5 Å². The molecule has 3 aromatic heterocycles. The van der Waals surface area contributed by atoms with Gasteiger partial charge < -0.3 is 9.42 Å². The first-order chi connectivity index (χ1) is 15.4. The molecule has 4 heterocycles. The van der Waals surface area contributed by atoms with Crippen LogP contribution >= 0.6 is 0 Å². The summed E-state index contributed by atoms with van der Waals surface area (Å²) in [4.78, 5) is 19.9. The van der Waals surface area contributed by atoms with E-state index in [0.717, 1.165) is 32.5 Å². The van der Waals surface area contributed by atoms with Crippen molar-refractivity contribution in [2.24, 2.45) is 0 Å². The number of hydrogen-bond donors (Lipinski definition) is 0. The quantitative estimate of drug-likeness (QED) is 0.457. The fourth-order valence-corrected chi connectivity index (χ4v) is 4.31. The minimum absolute atomic E-state index is 0.124. The standard InChI is InChI=1S/C24H24N6O/c1-2-6-18(7-3-1)8-5-13-30-16-20(19-9-4-10-25-14-19)21(17-30)24-28-23(29-31-24)22-15-26-11-12-27-22/h1-4,6-7,9-12,14-15,20-21H,5,8,13,16-17H2/t20-,21+/m0/s1. The van der Waals surface area contributed by atoms with Gasteiger partial charge in [0.25, 0.3) is 0 Å². The van der Waals surface area contributed by atoms with Gasteiger partial charge in [-0.25, -0.2) is 4.98 Å². The Morgan fingerprint density at radius 3 is 2.58 bits per heavy atom. The zero-order valence-corrected chi connectivity index (χ0v) is 17.2. The molecule has 1 saturated heterocycles. The van der Waals surface area contributed by atoms with Crippen LogP contribution in [0.1, 0.15) is 35.3 Å². The molecule has 0 bridgehead atoms. The number of rotatable bonds is 7. The summed E-state index contributed by atoms with van der Waals surface area (Å²) in [6.45, 7) is 2.87. The molecular weight excluding hydrogens is 388 g/mol. The molecule has 4 aromatic rings. The molecule has 0 amide bonds. The summed E-state index contributed by atoms with van der Waals surface area (Å²) in [5.41, 5.74) is 3.21. The molecule has 1 fully saturated rings. The van der Waals surface area contributed by atoms with E-state index in [1.54, 1.807) is 18.6 Å². The van der Waals surface area contributed by atoms with E-state index in [1.165, 1.54) is 11.1 Å². The van der Waals surface area contributed by atoms with E-state index in [-0.39, 0.29) is 11.8 Å². The van der Waals surface area contributed by atoms with Gasteiger partial charge >= 0.3 is 0 Å². The van der Waals surface area contributed by atoms with E-state index in [2.05, 4.69) is 66.4 Å². The van der Waals surface area contributed by atoms with Crippen molar-refractivity contribution >= 4 is 0 Å². The summed E-state index contributed by atoms with van der Waals surface area (Å²) < 4.78 is 5.70. The molecule has 31 heavy (non-hydrogen) atoms. The summed E-state index contributed by atoms with van der Waals surface area (Å²) >= 11 is 0. The first-order valence-corrected chi connectivity index (χ1v) is 10.6. The highest BCUT2D eigenvalue weighted by Crippen LogP contribution is 2.39. The lowest BCUT2D eigenvalue weighted by Gasteiger charge is -2.16. The van der Waals surface area contributed by atoms with Gasteiger partial charge in [-0.2, -0.15) is 4.98 Å². The molecule has 7 heteroatoms. The van der Waals surface area contributed by atoms with Crippen LogP contribution in [0.15, 0.2) is 78.0 Å². The average molecular weight is 412 g/mol. The molecule has 0 unspecified atom stereocenters. The normalized spacial score (nSPS) is 19.0. The molecule has 0 spiro atoms. The lowest BCUT2D eigenvalue weighted by molar-refractivity contribution is 0.312. The van der Waals surface area contributed by atoms with Gasteiger partial charge in [-0.15, -0.1) is 0 Å². The predicted octanol–water partition coefficient (Wildman–Crippen LogP) is 3.74. The molecule has 0 saturated carbocycles. The number of likely N-dealkylation sites (tertiary alicyclic amines) is 1. The minimum Gasteiger partial charge on any atom is -0.339 e. The zero-order chi connectivity index (χ0) is 20.9. The van der Waals surface area contributed by atoms with Gasteiger partial charge in [-0.3, -0.25) is 9.97 Å². The molecule has 0 N–H and O–H groups in total. The van der Waals surface area contributed by atoms with Gasteiger partial charge in [0.1, 0.15) is 5.69 Å². The topological polar surface area (TPSA) is 80.8 Å². The molecule has 1 aromatic carbocycles. The van der Waals surface area contributed by atoms with Crippen molar-refractivity contribution in [3.05, 3.63) is 90.5 Å². The number of aromatic nitrogens is 5. The fraction of sp³-hybridized carbons (Fsp3) is 0.292. The highest BCUT2D eigenvalue weighted by atomic mass is 16.5. The molecule has 1 aliphatic heterocycles. The Bertz CT molecular complexity index is 1090. The summed E-state index contributed by atoms with van der Waals surface area (Å²) in [7, 11) is 0. The van der Waals surface area contributed by atoms with Crippen molar-refractivity contribution in [1.82, 2.24) is 30.0 Å². The maximum atomic E-state index is 5.70. The lowest BCUT2D eigenvalue weighted by atomic mass is 9.90. The molecule has 7 nitrogen and oxygen atoms in total. The monoisotopic (exact) mass is 412 g/mol. The third-order valence-electron chi connectivity index (χ3n) is 5.84. The van der Waals surface area contributed by atoms with Crippen molar-refractivity contribution in [2.75, 3.05) is 19.6 Å². The van der Waals surface area contributed by atoms with Crippen LogP contribution in [0.5, 0.6) is 0 Å². The van der Waals surface area contributed by atoms with E-state index in [1.807, 2.05) is 18.5 Å². The third-order valence-corrected chi connectivity index (χ3v) is 5.84. The van der Waals surface area contributed by atoms with Gasteiger partial charge in [0.2, 0.25) is 11.7 Å².